The van der Waals surface area contributed by atoms with Crippen molar-refractivity contribution in [1.82, 2.24) is 0 Å². The molecule has 0 aromatic carbocycles. The molecule has 4 saturated heterocycles. The third-order valence-corrected chi connectivity index (χ3v) is 3.05. The zero-order valence-corrected chi connectivity index (χ0v) is 6.28. The second-order valence-corrected chi connectivity index (χ2v) is 3.86. The van der Waals surface area contributed by atoms with Crippen LogP contribution in [0.25, 0.3) is 0 Å². The summed E-state index contributed by atoms with van der Waals surface area (Å²) in [6.07, 6.45) is -0.776. The monoisotopic (exact) mass is 180 g/mol. The fourth-order valence-corrected chi connectivity index (χ4v) is 2.65. The molecule has 6 nitrogen and oxygen atoms in total. The van der Waals surface area contributed by atoms with Crippen LogP contribution in [0.2, 0.25) is 0 Å². The van der Waals surface area contributed by atoms with Gasteiger partial charge in [-0.2, -0.15) is 0 Å². The van der Waals surface area contributed by atoms with E-state index in [1.54, 1.807) is 0 Å². The lowest BCUT2D eigenvalue weighted by Crippen LogP contribution is -2.51. The first-order valence-electron chi connectivity index (χ1n) is 3.18. The minimum atomic E-state index is -3.26. The molecule has 0 radical (unpaired) electrons. The Bertz CT molecular complexity index is 233. The second kappa shape index (κ2) is 1.69. The summed E-state index contributed by atoms with van der Waals surface area (Å²) in [5.41, 5.74) is 0. The standard InChI is InChI=1S/C4H5O6P/c5-11-8-3-4(9-11,10-11)7-2-1-6-3/h3H,1-2H2. The van der Waals surface area contributed by atoms with Crippen molar-refractivity contribution >= 4 is 7.82 Å². The van der Waals surface area contributed by atoms with Crippen LogP contribution >= 0.6 is 7.82 Å². The lowest BCUT2D eigenvalue weighted by molar-refractivity contribution is -0.406. The maximum absolute atomic E-state index is 11.0. The van der Waals surface area contributed by atoms with Crippen molar-refractivity contribution in [2.75, 3.05) is 13.2 Å². The molecule has 0 saturated carbocycles. The van der Waals surface area contributed by atoms with E-state index in [1.807, 2.05) is 0 Å². The Labute approximate surface area is 61.9 Å². The number of rotatable bonds is 0. The van der Waals surface area contributed by atoms with Crippen molar-refractivity contribution in [2.24, 2.45) is 0 Å². The Morgan fingerprint density at radius 1 is 1.36 bits per heavy atom. The predicted molar refractivity (Wildman–Crippen MR) is 29.3 cm³/mol. The van der Waals surface area contributed by atoms with Crippen LogP contribution in [0.5, 0.6) is 0 Å². The van der Waals surface area contributed by atoms with Gasteiger partial charge in [-0.3, -0.25) is 0 Å². The normalized spacial score (nSPS) is 60.2. The molecule has 0 N–H and O–H groups in total. The van der Waals surface area contributed by atoms with Gasteiger partial charge in [-0.1, -0.05) is 0 Å². The van der Waals surface area contributed by atoms with Crippen LogP contribution in [-0.4, -0.2) is 25.5 Å². The lowest BCUT2D eigenvalue weighted by atomic mass is 10.5. The van der Waals surface area contributed by atoms with E-state index in [2.05, 4.69) is 0 Å². The molecule has 0 aromatic heterocycles. The van der Waals surface area contributed by atoms with Crippen LogP contribution in [0.15, 0.2) is 0 Å². The van der Waals surface area contributed by atoms with Crippen LogP contribution in [0.3, 0.4) is 0 Å². The molecule has 4 aliphatic heterocycles. The Balaban J connectivity index is 1.96. The van der Waals surface area contributed by atoms with Gasteiger partial charge in [0.25, 0.3) is 6.29 Å². The van der Waals surface area contributed by atoms with Crippen LogP contribution < -0.4 is 0 Å². The van der Waals surface area contributed by atoms with Crippen molar-refractivity contribution in [1.29, 1.82) is 0 Å². The molecular weight excluding hydrogens is 175 g/mol. The van der Waals surface area contributed by atoms with E-state index in [-0.39, 0.29) is 0 Å². The average Bonchev–Trinajstić information content (AvgIpc) is 2.33. The highest BCUT2D eigenvalue weighted by Gasteiger charge is 2.75. The van der Waals surface area contributed by atoms with E-state index >= 15 is 0 Å². The fraction of sp³-hybridized carbons (Fsp3) is 1.00. The van der Waals surface area contributed by atoms with Crippen LogP contribution in [0.4, 0.5) is 0 Å². The molecule has 0 amide bonds. The fourth-order valence-electron chi connectivity index (χ4n) is 1.22. The minimum absolute atomic E-state index is 0.361. The molecule has 0 aliphatic carbocycles. The molecule has 4 aliphatic rings. The zero-order valence-electron chi connectivity index (χ0n) is 5.39. The summed E-state index contributed by atoms with van der Waals surface area (Å²) in [7, 11) is -3.26. The van der Waals surface area contributed by atoms with Crippen LogP contribution in [0, 0.1) is 0 Å². The van der Waals surface area contributed by atoms with Gasteiger partial charge in [0.15, 0.2) is 0 Å². The highest BCUT2D eigenvalue weighted by atomic mass is 31.2. The molecule has 1 unspecified atom stereocenters. The van der Waals surface area contributed by atoms with Crippen LogP contribution in [0.1, 0.15) is 0 Å². The first kappa shape index (κ1) is 6.54. The quantitative estimate of drug-likeness (QED) is 0.496. The van der Waals surface area contributed by atoms with Crippen LogP contribution in [-0.2, 0) is 27.6 Å². The summed E-state index contributed by atoms with van der Waals surface area (Å²) >= 11 is 0. The van der Waals surface area contributed by atoms with Gasteiger partial charge < -0.3 is 9.47 Å². The summed E-state index contributed by atoms with van der Waals surface area (Å²) in [5.74, 6) is -1.31. The zero-order chi connectivity index (χ0) is 7.53. The van der Waals surface area contributed by atoms with Crippen molar-refractivity contribution in [3.05, 3.63) is 0 Å². The van der Waals surface area contributed by atoms with Crippen molar-refractivity contribution < 1.29 is 27.6 Å². The number of ether oxygens (including phenoxy) is 2. The second-order valence-electron chi connectivity index (χ2n) is 2.39. The van der Waals surface area contributed by atoms with E-state index in [0.717, 1.165) is 0 Å². The average molecular weight is 180 g/mol. The van der Waals surface area contributed by atoms with Gasteiger partial charge in [0.05, 0.1) is 13.2 Å². The van der Waals surface area contributed by atoms with Crippen molar-refractivity contribution in [2.45, 2.75) is 12.3 Å². The van der Waals surface area contributed by atoms with Crippen molar-refractivity contribution in [3.8, 4) is 0 Å². The van der Waals surface area contributed by atoms with E-state index in [4.69, 9.17) is 23.0 Å². The number of phosphoric acid groups is 1. The van der Waals surface area contributed by atoms with Gasteiger partial charge in [-0.25, -0.2) is 18.1 Å². The summed E-state index contributed by atoms with van der Waals surface area (Å²) in [5, 5.41) is 0. The summed E-state index contributed by atoms with van der Waals surface area (Å²) in [4.78, 5) is 0. The Morgan fingerprint density at radius 2 is 2.18 bits per heavy atom. The third kappa shape index (κ3) is 0.672. The van der Waals surface area contributed by atoms with Gasteiger partial charge in [0, 0.05) is 0 Å². The van der Waals surface area contributed by atoms with E-state index in [0.29, 0.717) is 13.2 Å². The summed E-state index contributed by atoms with van der Waals surface area (Å²) < 4.78 is 35.5. The Morgan fingerprint density at radius 3 is 2.91 bits per heavy atom. The number of phosphoric ester groups is 1. The molecule has 2 bridgehead atoms. The summed E-state index contributed by atoms with van der Waals surface area (Å²) in [6, 6.07) is 0. The Hall–Kier alpha value is 0.0300. The third-order valence-electron chi connectivity index (χ3n) is 1.65. The molecule has 62 valence electrons. The van der Waals surface area contributed by atoms with E-state index in [9.17, 15) is 4.57 Å². The molecule has 7 heteroatoms. The molecular formula is C4H5O6P. The number of hydrogen-bond acceptors (Lipinski definition) is 6. The molecule has 4 heterocycles. The van der Waals surface area contributed by atoms with Gasteiger partial charge in [0.2, 0.25) is 0 Å². The first-order valence-corrected chi connectivity index (χ1v) is 4.64. The predicted octanol–water partition coefficient (Wildman–Crippen LogP) is 0.198. The molecule has 4 rings (SSSR count). The maximum Gasteiger partial charge on any atom is 0.486 e. The molecule has 11 heavy (non-hydrogen) atoms. The largest absolute Gasteiger partial charge is 0.486 e. The Kier molecular flexibility index (Phi) is 1.00. The first-order chi connectivity index (χ1) is 5.23. The summed E-state index contributed by atoms with van der Waals surface area (Å²) in [6.45, 7) is 0.763. The molecule has 4 fully saturated rings. The molecule has 1 spiro atoms. The topological polar surface area (TPSA) is 63.2 Å². The number of hydrogen-bond donors (Lipinski definition) is 0. The molecule has 1 atom stereocenters. The lowest BCUT2D eigenvalue weighted by Gasteiger charge is -2.36. The SMILES string of the molecule is O=P12OC3OCCOC3(O1)O2. The van der Waals surface area contributed by atoms with E-state index < -0.39 is 20.1 Å². The maximum atomic E-state index is 11.0. The smallest absolute Gasteiger partial charge is 0.343 e. The van der Waals surface area contributed by atoms with Gasteiger partial charge in [0.1, 0.15) is 0 Å². The van der Waals surface area contributed by atoms with E-state index in [1.165, 1.54) is 0 Å². The molecule has 0 aromatic rings. The van der Waals surface area contributed by atoms with Gasteiger partial charge in [-0.15, -0.1) is 0 Å². The van der Waals surface area contributed by atoms with Crippen molar-refractivity contribution in [3.63, 3.8) is 0 Å². The highest BCUT2D eigenvalue weighted by Crippen LogP contribution is 2.74. The minimum Gasteiger partial charge on any atom is -0.343 e. The highest BCUT2D eigenvalue weighted by molar-refractivity contribution is 7.50. The van der Waals surface area contributed by atoms with Gasteiger partial charge in [-0.05, 0) is 0 Å². The van der Waals surface area contributed by atoms with Gasteiger partial charge >= 0.3 is 13.8 Å².